The number of ether oxygens (including phenoxy) is 2. The Hall–Kier alpha value is -1.62. The van der Waals surface area contributed by atoms with Crippen molar-refractivity contribution in [2.24, 2.45) is 4.99 Å². The van der Waals surface area contributed by atoms with E-state index in [-0.39, 0.29) is 30.6 Å². The number of benzene rings is 1. The number of methoxy groups -OCH3 is 1. The molecule has 138 valence electrons. The number of hydrogen-bond donors (Lipinski definition) is 2. The van der Waals surface area contributed by atoms with Crippen molar-refractivity contribution in [2.75, 3.05) is 20.8 Å². The lowest BCUT2D eigenvalue weighted by Gasteiger charge is -2.25. The summed E-state index contributed by atoms with van der Waals surface area (Å²) in [5, 5.41) is 6.86. The zero-order valence-corrected chi connectivity index (χ0v) is 17.3. The predicted octanol–water partition coefficient (Wildman–Crippen LogP) is 3.32. The molecular weight excluding hydrogens is 429 g/mol. The third-order valence-electron chi connectivity index (χ3n) is 4.17. The second-order valence-electron chi connectivity index (χ2n) is 5.88. The molecule has 0 atom stereocenters. The average Bonchev–Trinajstić information content (AvgIpc) is 2.64. The average molecular weight is 457 g/mol. The molecule has 0 amide bonds. The molecule has 1 aromatic carbocycles. The monoisotopic (exact) mass is 457 g/mol. The van der Waals surface area contributed by atoms with Crippen molar-refractivity contribution >= 4 is 29.9 Å². The van der Waals surface area contributed by atoms with Gasteiger partial charge >= 0.3 is 0 Å². The van der Waals surface area contributed by atoms with Gasteiger partial charge in [-0.25, -0.2) is 0 Å². The molecule has 1 aliphatic rings. The Morgan fingerprint density at radius 2 is 2.04 bits per heavy atom. The number of hydrogen-bond acceptors (Lipinski definition) is 3. The normalized spacial score (nSPS) is 14.8. The van der Waals surface area contributed by atoms with Crippen molar-refractivity contribution in [3.63, 3.8) is 0 Å². The second-order valence-corrected chi connectivity index (χ2v) is 5.88. The van der Waals surface area contributed by atoms with E-state index in [2.05, 4.69) is 21.5 Å². The van der Waals surface area contributed by atoms with Gasteiger partial charge in [0.1, 0.15) is 6.61 Å². The summed E-state index contributed by atoms with van der Waals surface area (Å²) >= 11 is 0. The molecule has 5 nitrogen and oxygen atoms in total. The predicted molar refractivity (Wildman–Crippen MR) is 113 cm³/mol. The van der Waals surface area contributed by atoms with Crippen LogP contribution in [0.5, 0.6) is 11.5 Å². The van der Waals surface area contributed by atoms with E-state index in [1.165, 1.54) is 32.1 Å². The van der Waals surface area contributed by atoms with Crippen LogP contribution in [0.2, 0.25) is 0 Å². The van der Waals surface area contributed by atoms with E-state index in [0.717, 1.165) is 11.5 Å². The minimum Gasteiger partial charge on any atom is -0.493 e. The molecule has 0 aliphatic heterocycles. The van der Waals surface area contributed by atoms with Crippen LogP contribution in [0, 0.1) is 12.3 Å². The van der Waals surface area contributed by atoms with Crippen molar-refractivity contribution in [1.29, 1.82) is 0 Å². The van der Waals surface area contributed by atoms with Gasteiger partial charge in [0.25, 0.3) is 0 Å². The highest BCUT2D eigenvalue weighted by molar-refractivity contribution is 14.0. The maximum absolute atomic E-state index is 5.54. The summed E-state index contributed by atoms with van der Waals surface area (Å²) in [5.41, 5.74) is 1.08. The standard InChI is InChI=1S/C19H27N3O2.HI/c1-4-12-24-18-13-15(10-11-17(18)23-3)14-21-19(20-2)22-16-8-6-5-7-9-16;/h1,10-11,13,16H,5-9,12,14H2,2-3H3,(H2,20,21,22);1H. The molecule has 0 aromatic heterocycles. The van der Waals surface area contributed by atoms with E-state index in [9.17, 15) is 0 Å². The van der Waals surface area contributed by atoms with Gasteiger partial charge in [-0.05, 0) is 30.5 Å². The molecule has 0 heterocycles. The van der Waals surface area contributed by atoms with E-state index in [1.807, 2.05) is 18.2 Å². The van der Waals surface area contributed by atoms with Gasteiger partial charge in [-0.1, -0.05) is 31.2 Å². The number of terminal acetylenes is 1. The molecular formula is C19H28IN3O2. The molecule has 0 saturated heterocycles. The first-order valence-electron chi connectivity index (χ1n) is 8.47. The summed E-state index contributed by atoms with van der Waals surface area (Å²) in [6.07, 6.45) is 11.6. The molecule has 0 unspecified atom stereocenters. The molecule has 6 heteroatoms. The minimum absolute atomic E-state index is 0. The Morgan fingerprint density at radius 1 is 1.28 bits per heavy atom. The van der Waals surface area contributed by atoms with Crippen molar-refractivity contribution in [1.82, 2.24) is 10.6 Å². The van der Waals surface area contributed by atoms with Gasteiger partial charge in [-0.15, -0.1) is 30.4 Å². The zero-order chi connectivity index (χ0) is 17.2. The number of rotatable bonds is 6. The van der Waals surface area contributed by atoms with Crippen LogP contribution in [0.25, 0.3) is 0 Å². The van der Waals surface area contributed by atoms with Gasteiger partial charge in [0.15, 0.2) is 17.5 Å². The van der Waals surface area contributed by atoms with Gasteiger partial charge in [0.05, 0.1) is 7.11 Å². The van der Waals surface area contributed by atoms with Crippen LogP contribution in [0.4, 0.5) is 0 Å². The first kappa shape index (κ1) is 21.4. The smallest absolute Gasteiger partial charge is 0.191 e. The van der Waals surface area contributed by atoms with Crippen LogP contribution in [0.1, 0.15) is 37.7 Å². The van der Waals surface area contributed by atoms with E-state index in [4.69, 9.17) is 15.9 Å². The fraction of sp³-hybridized carbons (Fsp3) is 0.526. The topological polar surface area (TPSA) is 54.9 Å². The fourth-order valence-electron chi connectivity index (χ4n) is 2.88. The molecule has 0 radical (unpaired) electrons. The first-order chi connectivity index (χ1) is 11.8. The Kier molecular flexibility index (Phi) is 10.2. The lowest BCUT2D eigenvalue weighted by Crippen LogP contribution is -2.43. The number of nitrogens with one attached hydrogen (secondary N) is 2. The van der Waals surface area contributed by atoms with Crippen LogP contribution in [-0.2, 0) is 6.54 Å². The minimum atomic E-state index is 0. The molecule has 0 bridgehead atoms. The van der Waals surface area contributed by atoms with Gasteiger partial charge < -0.3 is 20.1 Å². The first-order valence-corrected chi connectivity index (χ1v) is 8.47. The van der Waals surface area contributed by atoms with Crippen molar-refractivity contribution in [2.45, 2.75) is 44.7 Å². The van der Waals surface area contributed by atoms with Gasteiger partial charge in [0.2, 0.25) is 0 Å². The zero-order valence-electron chi connectivity index (χ0n) is 15.0. The number of halogens is 1. The molecule has 1 aliphatic carbocycles. The van der Waals surface area contributed by atoms with Crippen LogP contribution in [0.3, 0.4) is 0 Å². The molecule has 25 heavy (non-hydrogen) atoms. The Bertz CT molecular complexity index is 593. The third-order valence-corrected chi connectivity index (χ3v) is 4.17. The lowest BCUT2D eigenvalue weighted by molar-refractivity contribution is 0.330. The van der Waals surface area contributed by atoms with Crippen LogP contribution >= 0.6 is 24.0 Å². The maximum Gasteiger partial charge on any atom is 0.191 e. The highest BCUT2D eigenvalue weighted by atomic mass is 127. The van der Waals surface area contributed by atoms with Gasteiger partial charge in [-0.2, -0.15) is 0 Å². The van der Waals surface area contributed by atoms with Gasteiger partial charge in [0, 0.05) is 19.6 Å². The summed E-state index contributed by atoms with van der Waals surface area (Å²) in [6, 6.07) is 6.36. The number of aliphatic imine (C=N–C) groups is 1. The van der Waals surface area contributed by atoms with Gasteiger partial charge in [-0.3, -0.25) is 4.99 Å². The second kappa shape index (κ2) is 11.9. The largest absolute Gasteiger partial charge is 0.493 e. The number of guanidine groups is 1. The third kappa shape index (κ3) is 7.02. The number of nitrogens with zero attached hydrogens (tertiary/aromatic N) is 1. The molecule has 1 aromatic rings. The molecule has 1 saturated carbocycles. The van der Waals surface area contributed by atoms with E-state index in [0.29, 0.717) is 24.1 Å². The summed E-state index contributed by atoms with van der Waals surface area (Å²) in [4.78, 5) is 4.31. The van der Waals surface area contributed by atoms with Crippen molar-refractivity contribution in [3.05, 3.63) is 23.8 Å². The maximum atomic E-state index is 5.54. The van der Waals surface area contributed by atoms with E-state index >= 15 is 0 Å². The summed E-state index contributed by atoms with van der Waals surface area (Å²) in [5.74, 6) is 4.64. The molecule has 2 rings (SSSR count). The summed E-state index contributed by atoms with van der Waals surface area (Å²) in [7, 11) is 3.42. The van der Waals surface area contributed by atoms with Crippen molar-refractivity contribution < 1.29 is 9.47 Å². The fourth-order valence-corrected chi connectivity index (χ4v) is 2.88. The Labute approximate surface area is 168 Å². The molecule has 1 fully saturated rings. The summed E-state index contributed by atoms with van der Waals surface area (Å²) in [6.45, 7) is 0.876. The van der Waals surface area contributed by atoms with E-state index < -0.39 is 0 Å². The highest BCUT2D eigenvalue weighted by Gasteiger charge is 2.14. The Morgan fingerprint density at radius 3 is 2.68 bits per heavy atom. The van der Waals surface area contributed by atoms with Crippen LogP contribution in [-0.4, -0.2) is 32.8 Å². The highest BCUT2D eigenvalue weighted by Crippen LogP contribution is 2.28. The molecule has 0 spiro atoms. The SMILES string of the molecule is C#CCOc1cc(CNC(=NC)NC2CCCCC2)ccc1OC.I. The lowest BCUT2D eigenvalue weighted by atomic mass is 9.96. The Balaban J connectivity index is 0.00000312. The molecule has 2 N–H and O–H groups in total. The van der Waals surface area contributed by atoms with Crippen LogP contribution < -0.4 is 20.1 Å². The van der Waals surface area contributed by atoms with E-state index in [1.54, 1.807) is 14.2 Å². The van der Waals surface area contributed by atoms with Crippen molar-refractivity contribution in [3.8, 4) is 23.8 Å². The quantitative estimate of drug-likeness (QED) is 0.298. The van der Waals surface area contributed by atoms with Crippen LogP contribution in [0.15, 0.2) is 23.2 Å². The summed E-state index contributed by atoms with van der Waals surface area (Å²) < 4.78 is 10.8.